The number of carbonyl (C=O) groups is 5. The molecule has 0 aliphatic rings. The van der Waals surface area contributed by atoms with Gasteiger partial charge in [0.05, 0.1) is 12.5 Å². The van der Waals surface area contributed by atoms with E-state index in [1.807, 2.05) is 24.3 Å². The molecule has 2 aromatic rings. The molecule has 1 aromatic carbocycles. The van der Waals surface area contributed by atoms with Gasteiger partial charge in [0.15, 0.2) is 0 Å². The predicted molar refractivity (Wildman–Crippen MR) is 136 cm³/mol. The third kappa shape index (κ3) is 8.88. The van der Waals surface area contributed by atoms with Crippen molar-refractivity contribution in [2.75, 3.05) is 6.54 Å². The topological polar surface area (TPSA) is 236 Å². The highest BCUT2D eigenvalue weighted by Crippen LogP contribution is 2.18. The van der Waals surface area contributed by atoms with Crippen molar-refractivity contribution in [3.8, 4) is 0 Å². The molecule has 13 nitrogen and oxygen atoms in total. The van der Waals surface area contributed by atoms with E-state index < -0.39 is 60.2 Å². The molecule has 0 radical (unpaired) electrons. The molecule has 202 valence electrons. The van der Waals surface area contributed by atoms with Crippen LogP contribution >= 0.6 is 0 Å². The molecule has 37 heavy (non-hydrogen) atoms. The van der Waals surface area contributed by atoms with Gasteiger partial charge in [0.1, 0.15) is 18.1 Å². The largest absolute Gasteiger partial charge is 0.480 e. The Kier molecular flexibility index (Phi) is 11.0. The van der Waals surface area contributed by atoms with E-state index in [1.54, 1.807) is 6.20 Å². The smallest absolute Gasteiger partial charge is 0.326 e. The quantitative estimate of drug-likeness (QED) is 0.130. The summed E-state index contributed by atoms with van der Waals surface area (Å²) in [5.41, 5.74) is 18.5. The first-order chi connectivity index (χ1) is 17.5. The van der Waals surface area contributed by atoms with Crippen molar-refractivity contribution in [3.05, 3.63) is 36.0 Å². The number of fused-ring (bicyclic) bond motifs is 1. The number of aliphatic carboxylic acids is 1. The van der Waals surface area contributed by atoms with E-state index >= 15 is 0 Å². The van der Waals surface area contributed by atoms with Gasteiger partial charge in [-0.05, 0) is 50.8 Å². The Hall–Kier alpha value is -3.97. The highest BCUT2D eigenvalue weighted by atomic mass is 16.4. The average Bonchev–Trinajstić information content (AvgIpc) is 3.25. The third-order valence-electron chi connectivity index (χ3n) is 5.80. The van der Waals surface area contributed by atoms with Crippen LogP contribution in [0.1, 0.15) is 38.2 Å². The second-order valence-electron chi connectivity index (χ2n) is 8.82. The number of amides is 4. The fraction of sp³-hybridized carbons (Fsp3) is 0.458. The van der Waals surface area contributed by atoms with Gasteiger partial charge < -0.3 is 43.2 Å². The number of para-hydroxylation sites is 1. The minimum absolute atomic E-state index is 0.238. The molecular weight excluding hydrogens is 482 g/mol. The maximum atomic E-state index is 12.9. The number of H-pyrrole nitrogens is 1. The van der Waals surface area contributed by atoms with Crippen LogP contribution in [0.3, 0.4) is 0 Å². The molecule has 0 bridgehead atoms. The van der Waals surface area contributed by atoms with Gasteiger partial charge in [-0.3, -0.25) is 19.2 Å². The molecular formula is C24H35N7O6. The summed E-state index contributed by atoms with van der Waals surface area (Å²) >= 11 is 0. The van der Waals surface area contributed by atoms with E-state index in [1.165, 1.54) is 6.92 Å². The zero-order chi connectivity index (χ0) is 27.5. The summed E-state index contributed by atoms with van der Waals surface area (Å²) in [6, 6.07) is 2.97. The first kappa shape index (κ1) is 29.3. The highest BCUT2D eigenvalue weighted by molar-refractivity contribution is 5.95. The predicted octanol–water partition coefficient (Wildman–Crippen LogP) is -1.40. The number of nitrogens with one attached hydrogen (secondary N) is 4. The lowest BCUT2D eigenvalue weighted by atomic mass is 10.0. The zero-order valence-electron chi connectivity index (χ0n) is 20.7. The fourth-order valence-electron chi connectivity index (χ4n) is 3.75. The molecule has 13 heteroatoms. The number of primary amides is 1. The zero-order valence-corrected chi connectivity index (χ0v) is 20.7. The van der Waals surface area contributed by atoms with Gasteiger partial charge in [0.25, 0.3) is 0 Å². The highest BCUT2D eigenvalue weighted by Gasteiger charge is 2.29. The van der Waals surface area contributed by atoms with Crippen LogP contribution in [0.25, 0.3) is 10.9 Å². The van der Waals surface area contributed by atoms with Gasteiger partial charge in [-0.1, -0.05) is 18.2 Å². The Balaban J connectivity index is 2.02. The van der Waals surface area contributed by atoms with Crippen molar-refractivity contribution in [2.24, 2.45) is 17.2 Å². The normalized spacial score (nSPS) is 14.2. The number of aromatic nitrogens is 1. The van der Waals surface area contributed by atoms with E-state index in [0.717, 1.165) is 16.5 Å². The molecule has 0 aliphatic heterocycles. The van der Waals surface area contributed by atoms with Crippen LogP contribution in [-0.4, -0.2) is 70.4 Å². The van der Waals surface area contributed by atoms with E-state index in [9.17, 15) is 24.0 Å². The van der Waals surface area contributed by atoms with E-state index in [0.29, 0.717) is 19.4 Å². The Bertz CT molecular complexity index is 1120. The summed E-state index contributed by atoms with van der Waals surface area (Å²) in [5, 5.41) is 17.4. The lowest BCUT2D eigenvalue weighted by Crippen LogP contribution is -2.56. The Morgan fingerprint density at radius 1 is 0.973 bits per heavy atom. The number of carbonyl (C=O) groups excluding carboxylic acids is 4. The second-order valence-corrected chi connectivity index (χ2v) is 8.82. The van der Waals surface area contributed by atoms with Gasteiger partial charge in [-0.15, -0.1) is 0 Å². The standard InChI is InChI=1S/C24H35N7O6/c1-13(21(33)31-19(24(36)37)11-20(27)32)29-23(35)18(8-4-5-9-25)30-22(34)16(26)10-14-12-28-17-7-3-2-6-15(14)17/h2-3,6-7,12-13,16,18-19,28H,4-5,8-11,25-26H2,1H3,(H2,27,32)(H,29,35)(H,30,34)(H,31,33)(H,36,37). The molecule has 2 rings (SSSR count). The Morgan fingerprint density at radius 3 is 2.30 bits per heavy atom. The summed E-state index contributed by atoms with van der Waals surface area (Å²) in [4.78, 5) is 63.6. The van der Waals surface area contributed by atoms with Crippen LogP contribution in [-0.2, 0) is 30.4 Å². The second kappa shape index (κ2) is 13.9. The summed E-state index contributed by atoms with van der Waals surface area (Å²) in [7, 11) is 0. The number of hydrogen-bond acceptors (Lipinski definition) is 7. The number of unbranched alkanes of at least 4 members (excludes halogenated alkanes) is 1. The maximum absolute atomic E-state index is 12.9. The van der Waals surface area contributed by atoms with Crippen molar-refractivity contribution in [1.82, 2.24) is 20.9 Å². The van der Waals surface area contributed by atoms with Gasteiger partial charge in [0, 0.05) is 17.1 Å². The SMILES string of the molecule is CC(NC(=O)C(CCCCN)NC(=O)C(N)Cc1c[nH]c2ccccc12)C(=O)NC(CC(N)=O)C(=O)O. The molecule has 0 aliphatic carbocycles. The van der Waals surface area contributed by atoms with E-state index in [4.69, 9.17) is 22.3 Å². The molecule has 1 heterocycles. The van der Waals surface area contributed by atoms with Gasteiger partial charge >= 0.3 is 5.97 Å². The monoisotopic (exact) mass is 517 g/mol. The number of carboxylic acids is 1. The molecule has 4 amide bonds. The summed E-state index contributed by atoms with van der Waals surface area (Å²) in [6.45, 7) is 1.75. The Morgan fingerprint density at radius 2 is 1.65 bits per heavy atom. The van der Waals surface area contributed by atoms with Gasteiger partial charge in [0.2, 0.25) is 23.6 Å². The lowest BCUT2D eigenvalue weighted by Gasteiger charge is -2.23. The van der Waals surface area contributed by atoms with Gasteiger partial charge in [-0.25, -0.2) is 4.79 Å². The number of hydrogen-bond donors (Lipinski definition) is 8. The molecule has 0 spiro atoms. The number of carboxylic acid groups (broad SMARTS) is 1. The third-order valence-corrected chi connectivity index (χ3v) is 5.80. The first-order valence-electron chi connectivity index (χ1n) is 12.0. The number of rotatable bonds is 15. The Labute approximate surface area is 213 Å². The van der Waals surface area contributed by atoms with Crippen molar-refractivity contribution >= 4 is 40.5 Å². The van der Waals surface area contributed by atoms with Crippen molar-refractivity contribution in [2.45, 2.75) is 63.2 Å². The van der Waals surface area contributed by atoms with Crippen molar-refractivity contribution in [1.29, 1.82) is 0 Å². The van der Waals surface area contributed by atoms with Crippen LogP contribution in [0.5, 0.6) is 0 Å². The fourth-order valence-corrected chi connectivity index (χ4v) is 3.75. The summed E-state index contributed by atoms with van der Waals surface area (Å²) in [6.07, 6.45) is 2.82. The van der Waals surface area contributed by atoms with Crippen LogP contribution in [0.2, 0.25) is 0 Å². The lowest BCUT2D eigenvalue weighted by molar-refractivity contribution is -0.143. The molecule has 4 atom stereocenters. The van der Waals surface area contributed by atoms with Crippen molar-refractivity contribution in [3.63, 3.8) is 0 Å². The molecule has 0 fully saturated rings. The average molecular weight is 518 g/mol. The number of nitrogens with two attached hydrogens (primary N) is 3. The summed E-state index contributed by atoms with van der Waals surface area (Å²) in [5.74, 6) is -4.36. The van der Waals surface area contributed by atoms with Crippen LogP contribution in [0.4, 0.5) is 0 Å². The van der Waals surface area contributed by atoms with Crippen LogP contribution in [0.15, 0.2) is 30.5 Å². The maximum Gasteiger partial charge on any atom is 0.326 e. The van der Waals surface area contributed by atoms with E-state index in [2.05, 4.69) is 20.9 Å². The minimum Gasteiger partial charge on any atom is -0.480 e. The number of benzene rings is 1. The first-order valence-corrected chi connectivity index (χ1v) is 12.0. The molecule has 0 saturated carbocycles. The molecule has 4 unspecified atom stereocenters. The van der Waals surface area contributed by atoms with Crippen molar-refractivity contribution < 1.29 is 29.1 Å². The minimum atomic E-state index is -1.54. The van der Waals surface area contributed by atoms with Gasteiger partial charge in [-0.2, -0.15) is 0 Å². The number of aromatic amines is 1. The van der Waals surface area contributed by atoms with Crippen LogP contribution < -0.4 is 33.2 Å². The molecule has 1 aromatic heterocycles. The summed E-state index contributed by atoms with van der Waals surface area (Å²) < 4.78 is 0. The molecule has 0 saturated heterocycles. The molecule has 11 N–H and O–H groups in total. The van der Waals surface area contributed by atoms with Crippen LogP contribution in [0, 0.1) is 0 Å². The van der Waals surface area contributed by atoms with E-state index in [-0.39, 0.29) is 12.8 Å².